The number of aromatic carboxylic acids is 1. The van der Waals surface area contributed by atoms with Crippen LogP contribution < -0.4 is 15.4 Å². The van der Waals surface area contributed by atoms with Crippen molar-refractivity contribution in [1.82, 2.24) is 9.47 Å². The minimum atomic E-state index is -1.57. The van der Waals surface area contributed by atoms with Gasteiger partial charge in [0.1, 0.15) is 5.82 Å². The molecule has 1 aliphatic rings. The van der Waals surface area contributed by atoms with E-state index in [4.69, 9.17) is 4.74 Å². The first kappa shape index (κ1) is 23.6. The van der Waals surface area contributed by atoms with Crippen molar-refractivity contribution in [3.05, 3.63) is 39.9 Å². The van der Waals surface area contributed by atoms with E-state index in [0.717, 1.165) is 31.7 Å². The average molecular weight is 446 g/mol. The van der Waals surface area contributed by atoms with Crippen LogP contribution in [0.5, 0.6) is 0 Å². The number of carboxylic acids is 1. The third-order valence-corrected chi connectivity index (χ3v) is 5.77. The Morgan fingerprint density at radius 3 is 2.44 bits per heavy atom. The van der Waals surface area contributed by atoms with Crippen molar-refractivity contribution in [2.45, 2.75) is 46.1 Å². The van der Waals surface area contributed by atoms with Gasteiger partial charge in [-0.25, -0.2) is 9.18 Å². The fourth-order valence-electron chi connectivity index (χ4n) is 4.03. The first-order chi connectivity index (χ1) is 15.4. The van der Waals surface area contributed by atoms with Gasteiger partial charge in [0.2, 0.25) is 0 Å². The zero-order valence-electron chi connectivity index (χ0n) is 18.6. The van der Waals surface area contributed by atoms with Gasteiger partial charge in [-0.3, -0.25) is 4.79 Å². The highest BCUT2D eigenvalue weighted by Gasteiger charge is 2.24. The molecule has 0 N–H and O–H groups in total. The smallest absolute Gasteiger partial charge is 0.409 e. The number of piperazine rings is 1. The fraction of sp³-hybridized carbons (Fsp3) is 0.522. The molecule has 1 fully saturated rings. The van der Waals surface area contributed by atoms with Crippen LogP contribution in [0.3, 0.4) is 0 Å². The van der Waals surface area contributed by atoms with Gasteiger partial charge in [-0.05, 0) is 25.5 Å². The van der Waals surface area contributed by atoms with Gasteiger partial charge in [0, 0.05) is 44.3 Å². The van der Waals surface area contributed by atoms with E-state index in [0.29, 0.717) is 50.5 Å². The molecule has 1 aromatic carbocycles. The Bertz CT molecular complexity index is 1040. The second kappa shape index (κ2) is 10.5. The van der Waals surface area contributed by atoms with Crippen LogP contribution in [0, 0.1) is 5.82 Å². The summed E-state index contributed by atoms with van der Waals surface area (Å²) < 4.78 is 21.7. The number of hydrogen-bond acceptors (Lipinski definition) is 6. The third kappa shape index (κ3) is 5.03. The molecule has 1 aliphatic heterocycles. The molecule has 0 radical (unpaired) electrons. The number of aryl methyl sites for hydroxylation is 1. The Morgan fingerprint density at radius 1 is 1.09 bits per heavy atom. The number of ether oxygens (including phenoxy) is 1. The molecular formula is C23H29FN3O5-. The molecule has 9 heteroatoms. The number of carboxylic acid groups (broad SMARTS) is 1. The fourth-order valence-corrected chi connectivity index (χ4v) is 4.03. The molecule has 32 heavy (non-hydrogen) atoms. The van der Waals surface area contributed by atoms with Gasteiger partial charge in [0.15, 0.2) is 5.43 Å². The first-order valence-corrected chi connectivity index (χ1v) is 11.1. The lowest BCUT2D eigenvalue weighted by atomic mass is 10.1. The van der Waals surface area contributed by atoms with Crippen molar-refractivity contribution >= 4 is 28.7 Å². The maximum absolute atomic E-state index is 15.0. The predicted molar refractivity (Wildman–Crippen MR) is 117 cm³/mol. The minimum absolute atomic E-state index is 0.0219. The van der Waals surface area contributed by atoms with Crippen molar-refractivity contribution in [1.29, 1.82) is 0 Å². The second-order valence-corrected chi connectivity index (χ2v) is 7.91. The predicted octanol–water partition coefficient (Wildman–Crippen LogP) is 2.36. The van der Waals surface area contributed by atoms with Crippen LogP contribution in [0.4, 0.5) is 14.9 Å². The van der Waals surface area contributed by atoms with Crippen LogP contribution in [0.25, 0.3) is 10.9 Å². The van der Waals surface area contributed by atoms with Crippen LogP contribution in [-0.4, -0.2) is 54.3 Å². The second-order valence-electron chi connectivity index (χ2n) is 7.91. The quantitative estimate of drug-likeness (QED) is 0.578. The molecule has 0 spiro atoms. The van der Waals surface area contributed by atoms with Gasteiger partial charge in [-0.15, -0.1) is 0 Å². The summed E-state index contributed by atoms with van der Waals surface area (Å²) in [4.78, 5) is 39.4. The number of fused-ring (bicyclic) bond motifs is 1. The topological polar surface area (TPSA) is 94.9 Å². The lowest BCUT2D eigenvalue weighted by Gasteiger charge is -2.35. The largest absolute Gasteiger partial charge is 0.545 e. The minimum Gasteiger partial charge on any atom is -0.545 e. The maximum atomic E-state index is 15.0. The van der Waals surface area contributed by atoms with Crippen molar-refractivity contribution in [3.8, 4) is 0 Å². The molecule has 1 aromatic heterocycles. The number of pyridine rings is 1. The van der Waals surface area contributed by atoms with Gasteiger partial charge in [-0.2, -0.15) is 0 Å². The van der Waals surface area contributed by atoms with Gasteiger partial charge in [0.05, 0.1) is 29.3 Å². The molecule has 1 saturated heterocycles. The number of hydrogen-bond donors (Lipinski definition) is 0. The van der Waals surface area contributed by atoms with Crippen LogP contribution >= 0.6 is 0 Å². The number of amides is 1. The highest BCUT2D eigenvalue weighted by molar-refractivity contribution is 5.92. The van der Waals surface area contributed by atoms with E-state index in [9.17, 15) is 19.5 Å². The van der Waals surface area contributed by atoms with Gasteiger partial charge < -0.3 is 29.0 Å². The number of carbonyl (C=O) groups excluding carboxylic acids is 2. The number of nitrogens with zero attached hydrogens (tertiary/aromatic N) is 3. The number of anilines is 1. The van der Waals surface area contributed by atoms with Gasteiger partial charge in [-0.1, -0.05) is 26.2 Å². The summed E-state index contributed by atoms with van der Waals surface area (Å²) in [5.41, 5.74) is -0.407. The molecule has 0 aliphatic carbocycles. The standard InChI is InChI=1S/C23H30FN3O5/c1-3-5-6-7-8-27-15-17(22(29)30)21(28)16-13-18(24)20(14-19(16)27)25-9-11-26(12-10-25)23(31)32-4-2/h13-15H,3-12H2,1-2H3,(H,29,30)/p-1. The lowest BCUT2D eigenvalue weighted by Crippen LogP contribution is -2.49. The van der Waals surface area contributed by atoms with E-state index >= 15 is 4.39 Å². The normalized spacial score (nSPS) is 14.1. The molecular weight excluding hydrogens is 417 g/mol. The Balaban J connectivity index is 1.94. The summed E-state index contributed by atoms with van der Waals surface area (Å²) in [5.74, 6) is -2.18. The summed E-state index contributed by atoms with van der Waals surface area (Å²) in [5, 5.41) is 11.5. The molecule has 174 valence electrons. The molecule has 0 unspecified atom stereocenters. The zero-order valence-corrected chi connectivity index (χ0v) is 18.6. The summed E-state index contributed by atoms with van der Waals surface area (Å²) in [6.07, 6.45) is 4.80. The van der Waals surface area contributed by atoms with Crippen molar-refractivity contribution in [3.63, 3.8) is 0 Å². The van der Waals surface area contributed by atoms with E-state index in [1.165, 1.54) is 6.20 Å². The van der Waals surface area contributed by atoms with E-state index in [1.54, 1.807) is 22.5 Å². The van der Waals surface area contributed by atoms with Gasteiger partial charge in [0.25, 0.3) is 0 Å². The summed E-state index contributed by atoms with van der Waals surface area (Å²) in [7, 11) is 0. The third-order valence-electron chi connectivity index (χ3n) is 5.77. The Hall–Kier alpha value is -3.10. The molecule has 0 atom stereocenters. The summed E-state index contributed by atoms with van der Waals surface area (Å²) in [6.45, 7) is 6.26. The molecule has 0 saturated carbocycles. The summed E-state index contributed by atoms with van der Waals surface area (Å²) >= 11 is 0. The number of aromatic nitrogens is 1. The molecule has 8 nitrogen and oxygen atoms in total. The van der Waals surface area contributed by atoms with E-state index in [1.807, 2.05) is 4.90 Å². The van der Waals surface area contributed by atoms with E-state index in [2.05, 4.69) is 6.92 Å². The van der Waals surface area contributed by atoms with Crippen molar-refractivity contribution in [2.24, 2.45) is 0 Å². The maximum Gasteiger partial charge on any atom is 0.409 e. The van der Waals surface area contributed by atoms with Crippen LogP contribution in [0.15, 0.2) is 23.1 Å². The molecule has 3 rings (SSSR count). The SMILES string of the molecule is CCCCCCn1cc(C(=O)[O-])c(=O)c2cc(F)c(N3CCN(C(=O)OCC)CC3)cc21. The van der Waals surface area contributed by atoms with Gasteiger partial charge >= 0.3 is 6.09 Å². The highest BCUT2D eigenvalue weighted by Crippen LogP contribution is 2.26. The monoisotopic (exact) mass is 446 g/mol. The Morgan fingerprint density at radius 2 is 1.81 bits per heavy atom. The summed E-state index contributed by atoms with van der Waals surface area (Å²) in [6, 6.07) is 2.71. The zero-order chi connectivity index (χ0) is 23.3. The molecule has 0 bridgehead atoms. The van der Waals surface area contributed by atoms with Crippen molar-refractivity contribution < 1.29 is 23.8 Å². The highest BCUT2D eigenvalue weighted by atomic mass is 19.1. The van der Waals surface area contributed by atoms with E-state index in [-0.39, 0.29) is 11.5 Å². The Kier molecular flexibility index (Phi) is 7.71. The number of rotatable bonds is 8. The molecule has 1 amide bonds. The van der Waals surface area contributed by atoms with Crippen LogP contribution in [0.2, 0.25) is 0 Å². The van der Waals surface area contributed by atoms with Crippen LogP contribution in [0.1, 0.15) is 49.9 Å². The Labute approximate surface area is 186 Å². The first-order valence-electron chi connectivity index (χ1n) is 11.1. The number of unbranched alkanes of at least 4 members (excludes halogenated alkanes) is 3. The van der Waals surface area contributed by atoms with Crippen molar-refractivity contribution in [2.75, 3.05) is 37.7 Å². The lowest BCUT2D eigenvalue weighted by molar-refractivity contribution is -0.255. The molecule has 2 aromatic rings. The molecule has 2 heterocycles. The number of benzene rings is 1. The van der Waals surface area contributed by atoms with Crippen LogP contribution in [-0.2, 0) is 11.3 Å². The number of carbonyl (C=O) groups is 2. The average Bonchev–Trinajstić information content (AvgIpc) is 2.78. The van der Waals surface area contributed by atoms with E-state index < -0.39 is 22.8 Å². The number of halogens is 1.